The summed E-state index contributed by atoms with van der Waals surface area (Å²) in [5.74, 6) is -10.7. The van der Waals surface area contributed by atoms with Gasteiger partial charge in [0, 0.05) is 62.8 Å². The molecular formula is C54H72N6O13. The minimum absolute atomic E-state index is 0.00518. The number of rotatable bonds is 34. The van der Waals surface area contributed by atoms with Gasteiger partial charge in [-0.25, -0.2) is 0 Å². The molecule has 0 radical (unpaired) electrons. The van der Waals surface area contributed by atoms with Crippen LogP contribution in [0.25, 0.3) is 0 Å². The van der Waals surface area contributed by atoms with Crippen LogP contribution in [-0.2, 0) is 62.4 Å². The molecule has 0 saturated carbocycles. The van der Waals surface area contributed by atoms with E-state index < -0.39 is 108 Å². The summed E-state index contributed by atoms with van der Waals surface area (Å²) >= 11 is 0. The first kappa shape index (κ1) is 59.9. The number of Topliss-reactive ketones (excluding diaryl/α,β-unsaturated/α-hetero) is 4. The number of hydrogen-bond donors (Lipinski definition) is 9. The Morgan fingerprint density at radius 2 is 1.08 bits per heavy atom. The van der Waals surface area contributed by atoms with Gasteiger partial charge in [0.2, 0.25) is 17.7 Å². The number of nitrogens with zero attached hydrogens (tertiary/aromatic N) is 1. The summed E-state index contributed by atoms with van der Waals surface area (Å²) in [5.41, 5.74) is 12.5. The molecule has 0 aromatic heterocycles. The molecule has 0 fully saturated rings. The number of hydrogen-bond acceptors (Lipinski definition) is 12. The number of aliphatic imine (C=N–C) groups is 1. The largest absolute Gasteiger partial charge is 0.508 e. The third-order valence-corrected chi connectivity index (χ3v) is 12.9. The Bertz CT molecular complexity index is 2370. The number of ketones is 4. The number of aromatic hydroxyl groups is 2. The molecule has 396 valence electrons. The fourth-order valence-corrected chi connectivity index (χ4v) is 8.18. The zero-order valence-electron chi connectivity index (χ0n) is 42.1. The van der Waals surface area contributed by atoms with Crippen molar-refractivity contribution in [3.05, 3.63) is 95.6 Å². The molecule has 3 rings (SSSR count). The highest BCUT2D eigenvalue weighted by Gasteiger charge is 2.35. The van der Waals surface area contributed by atoms with Crippen LogP contribution in [0.15, 0.2) is 83.9 Å². The number of carboxylic acids is 2. The predicted octanol–water partition coefficient (Wildman–Crippen LogP) is 4.36. The lowest BCUT2D eigenvalue weighted by atomic mass is 9.83. The van der Waals surface area contributed by atoms with Crippen molar-refractivity contribution in [1.82, 2.24) is 16.0 Å². The third-order valence-electron chi connectivity index (χ3n) is 12.9. The molecule has 0 heterocycles. The number of carboxylic acid groups (broad SMARTS) is 2. The van der Waals surface area contributed by atoms with Gasteiger partial charge in [-0.1, -0.05) is 88.7 Å². The molecule has 0 aliphatic carbocycles. The highest BCUT2D eigenvalue weighted by atomic mass is 16.4. The average molecular weight is 1010 g/mol. The van der Waals surface area contributed by atoms with Gasteiger partial charge in [-0.05, 0) is 85.4 Å². The minimum Gasteiger partial charge on any atom is -0.508 e. The maximum absolute atomic E-state index is 14.4. The van der Waals surface area contributed by atoms with E-state index in [0.717, 1.165) is 0 Å². The van der Waals surface area contributed by atoms with Crippen molar-refractivity contribution >= 4 is 58.8 Å². The number of carbonyl (C=O) groups is 9. The number of aliphatic carboxylic acids is 2. The van der Waals surface area contributed by atoms with Gasteiger partial charge in [-0.2, -0.15) is 0 Å². The second kappa shape index (κ2) is 30.4. The van der Waals surface area contributed by atoms with E-state index in [1.807, 2.05) is 0 Å². The maximum Gasteiger partial charge on any atom is 0.307 e. The van der Waals surface area contributed by atoms with E-state index in [1.165, 1.54) is 43.3 Å². The van der Waals surface area contributed by atoms with Crippen LogP contribution in [0.5, 0.6) is 11.5 Å². The van der Waals surface area contributed by atoms with Crippen molar-refractivity contribution in [3.8, 4) is 11.5 Å². The minimum atomic E-state index is -1.40. The first-order valence-electron chi connectivity index (χ1n) is 24.7. The Balaban J connectivity index is 1.80. The molecule has 0 saturated heterocycles. The van der Waals surface area contributed by atoms with Crippen LogP contribution in [0, 0.1) is 29.6 Å². The predicted molar refractivity (Wildman–Crippen MR) is 272 cm³/mol. The summed E-state index contributed by atoms with van der Waals surface area (Å²) in [4.78, 5) is 124. The number of guanidine groups is 1. The topological polar surface area (TPSA) is 335 Å². The highest BCUT2D eigenvalue weighted by Crippen LogP contribution is 2.24. The van der Waals surface area contributed by atoms with Gasteiger partial charge in [0.25, 0.3) is 0 Å². The highest BCUT2D eigenvalue weighted by molar-refractivity contribution is 5.97. The summed E-state index contributed by atoms with van der Waals surface area (Å²) in [5, 5.41) is 47.2. The number of benzene rings is 3. The van der Waals surface area contributed by atoms with Crippen LogP contribution in [-0.4, -0.2) is 104 Å². The normalized spacial score (nSPS) is 14.4. The van der Waals surface area contributed by atoms with Crippen molar-refractivity contribution in [2.75, 3.05) is 6.54 Å². The molecule has 3 aromatic rings. The number of amides is 3. The van der Waals surface area contributed by atoms with Crippen molar-refractivity contribution < 1.29 is 63.6 Å². The van der Waals surface area contributed by atoms with Crippen LogP contribution in [0.3, 0.4) is 0 Å². The van der Waals surface area contributed by atoms with E-state index in [0.29, 0.717) is 42.5 Å². The number of nitrogens with one attached hydrogen (secondary N) is 3. The van der Waals surface area contributed by atoms with Crippen LogP contribution < -0.4 is 27.4 Å². The molecule has 0 spiro atoms. The van der Waals surface area contributed by atoms with Crippen molar-refractivity contribution in [1.29, 1.82) is 0 Å². The smallest absolute Gasteiger partial charge is 0.307 e. The molecule has 3 amide bonds. The van der Waals surface area contributed by atoms with Crippen LogP contribution >= 0.6 is 0 Å². The van der Waals surface area contributed by atoms with Gasteiger partial charge in [-0.15, -0.1) is 0 Å². The Hall–Kier alpha value is -7.44. The van der Waals surface area contributed by atoms with Crippen molar-refractivity contribution in [2.24, 2.45) is 46.0 Å². The zero-order chi connectivity index (χ0) is 54.2. The van der Waals surface area contributed by atoms with Crippen LogP contribution in [0.4, 0.5) is 0 Å². The summed E-state index contributed by atoms with van der Waals surface area (Å²) < 4.78 is 0. The molecule has 0 aliphatic heterocycles. The van der Waals surface area contributed by atoms with Gasteiger partial charge >= 0.3 is 11.9 Å². The molecule has 0 bridgehead atoms. The van der Waals surface area contributed by atoms with Gasteiger partial charge in [-0.3, -0.25) is 48.1 Å². The summed E-state index contributed by atoms with van der Waals surface area (Å²) in [6.45, 7) is 7.12. The van der Waals surface area contributed by atoms with Gasteiger partial charge < -0.3 is 47.8 Å². The van der Waals surface area contributed by atoms with E-state index in [-0.39, 0.29) is 74.1 Å². The molecule has 19 heteroatoms. The number of phenolic OH excluding ortho intramolecular Hbond substituents is 2. The number of nitrogens with two attached hydrogens (primary N) is 2. The number of phenols is 2. The monoisotopic (exact) mass is 1010 g/mol. The average Bonchev–Trinajstić information content (AvgIpc) is 3.35. The Kier molecular flexibility index (Phi) is 25.0. The molecule has 3 aromatic carbocycles. The third kappa shape index (κ3) is 21.8. The van der Waals surface area contributed by atoms with Crippen LogP contribution in [0.1, 0.15) is 109 Å². The molecule has 73 heavy (non-hydrogen) atoms. The van der Waals surface area contributed by atoms with E-state index in [1.54, 1.807) is 63.2 Å². The van der Waals surface area contributed by atoms with Gasteiger partial charge in [0.15, 0.2) is 23.3 Å². The summed E-state index contributed by atoms with van der Waals surface area (Å²) in [6.07, 6.45) is -1.08. The fraction of sp³-hybridized carbons (Fsp3) is 0.481. The number of carbonyl (C=O) groups excluding carboxylic acids is 7. The summed E-state index contributed by atoms with van der Waals surface area (Å²) in [6, 6.07) is 16.8. The molecule has 8 atom stereocenters. The van der Waals surface area contributed by atoms with E-state index in [4.69, 9.17) is 11.5 Å². The molecule has 0 aliphatic rings. The molecule has 11 N–H and O–H groups in total. The van der Waals surface area contributed by atoms with E-state index in [9.17, 15) is 63.6 Å². The van der Waals surface area contributed by atoms with Gasteiger partial charge in [0.05, 0.1) is 24.0 Å². The quantitative estimate of drug-likeness (QED) is 0.0228. The van der Waals surface area contributed by atoms with Crippen LogP contribution in [0.2, 0.25) is 0 Å². The van der Waals surface area contributed by atoms with E-state index in [2.05, 4.69) is 20.9 Å². The molecule has 19 nitrogen and oxygen atoms in total. The first-order valence-corrected chi connectivity index (χ1v) is 24.7. The molecular weight excluding hydrogens is 941 g/mol. The van der Waals surface area contributed by atoms with Gasteiger partial charge in [0.1, 0.15) is 17.3 Å². The summed E-state index contributed by atoms with van der Waals surface area (Å²) in [7, 11) is 0. The van der Waals surface area contributed by atoms with Crippen molar-refractivity contribution in [2.45, 2.75) is 129 Å². The first-order chi connectivity index (χ1) is 34.6. The zero-order valence-corrected chi connectivity index (χ0v) is 42.1. The van der Waals surface area contributed by atoms with Crippen molar-refractivity contribution in [3.63, 3.8) is 0 Å². The lowest BCUT2D eigenvalue weighted by Crippen LogP contribution is -2.49. The Morgan fingerprint density at radius 3 is 1.63 bits per heavy atom. The SMILES string of the molecule is CCC(C)[C@H](CC(=O)[C@H](Cc1ccccc1)NC(=O)[C@H](C)CC(=O)[C@H](Cc1ccc(O)cc1)NC(=O)CCC(=O)[C@@H](C)CCCN=C(N)N)C(=O)N[C@@H](CCC(=O)O)C(=O)C[C@@H](Cc1ccc(O)cc1)C(=O)O. The Morgan fingerprint density at radius 1 is 0.562 bits per heavy atom. The van der Waals surface area contributed by atoms with E-state index >= 15 is 0 Å². The lowest BCUT2D eigenvalue weighted by Gasteiger charge is -2.28. The maximum atomic E-state index is 14.4. The fourth-order valence-electron chi connectivity index (χ4n) is 8.18. The second-order valence-electron chi connectivity index (χ2n) is 18.9. The second-order valence-corrected chi connectivity index (χ2v) is 18.9. The molecule has 1 unspecified atom stereocenters. The Labute approximate surface area is 426 Å². The standard InChI is InChI=1S/C54H72N6O13/c1-5-32(2)41(52(71)59-42(21-24-50(68)69)47(65)30-38(53(72)73)27-36-13-17-39(61)18-14-36)31-48(66)44(28-35-11-7-6-8-12-35)60-51(70)34(4)26-46(64)43(29-37-15-19-40(62)20-16-37)58-49(67)23-22-45(63)33(3)10-9-25-57-54(55)56/h6-8,11-20,32-34,38,41-44,61-62H,5,9-10,21-31H2,1-4H3,(H,58,67)(H,59,71)(H,60,70)(H,68,69)(H,72,73)(H4,55,56,57)/t32?,33-,34+,38+,41-,42-,43-,44-/m0/s1. The lowest BCUT2D eigenvalue weighted by molar-refractivity contribution is -0.144.